The summed E-state index contributed by atoms with van der Waals surface area (Å²) >= 11 is 1.79. The van der Waals surface area contributed by atoms with Gasteiger partial charge >= 0.3 is 6.18 Å². The van der Waals surface area contributed by atoms with E-state index in [1.54, 1.807) is 27.5 Å². The Hall–Kier alpha value is -1.83. The van der Waals surface area contributed by atoms with Gasteiger partial charge in [0.25, 0.3) is 5.91 Å². The van der Waals surface area contributed by atoms with E-state index >= 15 is 0 Å². The van der Waals surface area contributed by atoms with Gasteiger partial charge in [-0.1, -0.05) is 36.4 Å². The van der Waals surface area contributed by atoms with E-state index in [1.807, 2.05) is 36.4 Å². The monoisotopic (exact) mass is 441 g/mol. The molecule has 0 saturated heterocycles. The Kier molecular flexibility index (Phi) is 3.49. The van der Waals surface area contributed by atoms with Crippen LogP contribution in [0.1, 0.15) is 39.1 Å². The summed E-state index contributed by atoms with van der Waals surface area (Å²) < 4.78 is 38.7. The maximum absolute atomic E-state index is 13.0. The molecule has 2 aromatic rings. The predicted octanol–water partition coefficient (Wildman–Crippen LogP) is 5.12. The van der Waals surface area contributed by atoms with Crippen LogP contribution < -0.4 is 0 Å². The highest BCUT2D eigenvalue weighted by molar-refractivity contribution is 14.1. The van der Waals surface area contributed by atoms with Gasteiger partial charge in [0.1, 0.15) is 0 Å². The van der Waals surface area contributed by atoms with Gasteiger partial charge in [0.05, 0.1) is 23.2 Å². The second-order valence-corrected chi connectivity index (χ2v) is 6.97. The van der Waals surface area contributed by atoms with Crippen molar-refractivity contribution in [1.82, 2.24) is 4.90 Å². The molecule has 1 amide bonds. The Morgan fingerprint density at radius 2 is 1.58 bits per heavy atom. The fraction of sp³-hybridized carbons (Fsp3) is 0.167. The number of halogens is 4. The maximum Gasteiger partial charge on any atom is 0.416 e. The van der Waals surface area contributed by atoms with Crippen molar-refractivity contribution in [3.8, 4) is 0 Å². The third kappa shape index (κ3) is 2.27. The number of rotatable bonds is 1. The molecule has 0 saturated carbocycles. The van der Waals surface area contributed by atoms with Crippen molar-refractivity contribution in [1.29, 1.82) is 0 Å². The van der Waals surface area contributed by atoms with E-state index in [0.717, 1.165) is 23.3 Å². The summed E-state index contributed by atoms with van der Waals surface area (Å²) in [7, 11) is 0. The van der Waals surface area contributed by atoms with Crippen LogP contribution in [0.5, 0.6) is 0 Å². The number of fused-ring (bicyclic) bond motifs is 5. The Bertz CT molecular complexity index is 842. The Balaban J connectivity index is 1.69. The van der Waals surface area contributed by atoms with Gasteiger partial charge in [-0.3, -0.25) is 4.79 Å². The first kappa shape index (κ1) is 15.7. The van der Waals surface area contributed by atoms with Gasteiger partial charge in [-0.2, -0.15) is 13.2 Å². The molecule has 122 valence electrons. The minimum atomic E-state index is -4.41. The molecule has 0 fully saturated rings. The van der Waals surface area contributed by atoms with E-state index in [9.17, 15) is 18.0 Å². The third-order valence-corrected chi connectivity index (χ3v) is 5.36. The molecule has 2 aliphatic rings. The van der Waals surface area contributed by atoms with Gasteiger partial charge in [0.2, 0.25) is 0 Å². The van der Waals surface area contributed by atoms with E-state index in [-0.39, 0.29) is 18.0 Å². The normalized spacial score (nSPS) is 21.2. The van der Waals surface area contributed by atoms with Crippen molar-refractivity contribution in [2.75, 3.05) is 0 Å². The van der Waals surface area contributed by atoms with Gasteiger partial charge < -0.3 is 4.90 Å². The number of amides is 1. The quantitative estimate of drug-likeness (QED) is 0.445. The Morgan fingerprint density at radius 1 is 1.00 bits per heavy atom. The number of carbonyl (C=O) groups excluding carboxylic acids is 1. The topological polar surface area (TPSA) is 20.3 Å². The molecule has 0 aromatic heterocycles. The van der Waals surface area contributed by atoms with Crippen molar-refractivity contribution in [2.24, 2.45) is 0 Å². The summed E-state index contributed by atoms with van der Waals surface area (Å²) in [5.74, 6) is -0.246. The second-order valence-electron chi connectivity index (χ2n) is 5.81. The molecule has 2 unspecified atom stereocenters. The standard InChI is InChI=1S/C18H11F3INO/c19-18(20,21)10-5-6-13(14(22)9-10)17(24)23-15-7-8-16(23)12-4-2-1-3-11(12)15/h1-9,15-16H. The molecule has 2 bridgehead atoms. The van der Waals surface area contributed by atoms with E-state index in [0.29, 0.717) is 9.13 Å². The lowest BCUT2D eigenvalue weighted by molar-refractivity contribution is -0.137. The van der Waals surface area contributed by atoms with Crippen molar-refractivity contribution >= 4 is 28.5 Å². The van der Waals surface area contributed by atoms with Crippen LogP contribution in [0, 0.1) is 3.57 Å². The van der Waals surface area contributed by atoms with E-state index in [1.165, 1.54) is 6.07 Å². The molecule has 4 rings (SSSR count). The number of hydrogen-bond donors (Lipinski definition) is 0. The lowest BCUT2D eigenvalue weighted by Gasteiger charge is -2.23. The molecule has 2 atom stereocenters. The molecule has 0 aliphatic carbocycles. The number of carbonyl (C=O) groups is 1. The van der Waals surface area contributed by atoms with E-state index < -0.39 is 11.7 Å². The average Bonchev–Trinajstić information content (AvgIpc) is 3.10. The number of hydrogen-bond acceptors (Lipinski definition) is 1. The van der Waals surface area contributed by atoms with Crippen LogP contribution in [0.15, 0.2) is 54.6 Å². The molecule has 2 aliphatic heterocycles. The first-order valence-corrected chi connectivity index (χ1v) is 8.42. The highest BCUT2D eigenvalue weighted by Gasteiger charge is 2.43. The molecule has 2 aromatic carbocycles. The minimum absolute atomic E-state index is 0.142. The molecule has 6 heteroatoms. The highest BCUT2D eigenvalue weighted by atomic mass is 127. The number of alkyl halides is 3. The zero-order valence-corrected chi connectivity index (χ0v) is 14.4. The summed E-state index contributed by atoms with van der Waals surface area (Å²) in [5.41, 5.74) is 1.73. The van der Waals surface area contributed by atoms with Crippen LogP contribution >= 0.6 is 22.6 Å². The molecular weight excluding hydrogens is 430 g/mol. The molecule has 24 heavy (non-hydrogen) atoms. The molecule has 0 spiro atoms. The second kappa shape index (κ2) is 5.34. The zero-order valence-electron chi connectivity index (χ0n) is 12.2. The summed E-state index contributed by atoms with van der Waals surface area (Å²) in [5, 5.41) is 0. The Labute approximate surface area is 150 Å². The molecule has 2 nitrogen and oxygen atoms in total. The van der Waals surface area contributed by atoms with E-state index in [4.69, 9.17) is 0 Å². The van der Waals surface area contributed by atoms with Gasteiger partial charge in [0, 0.05) is 3.57 Å². The zero-order chi connectivity index (χ0) is 17.1. The summed E-state index contributed by atoms with van der Waals surface area (Å²) in [4.78, 5) is 14.7. The Morgan fingerprint density at radius 3 is 2.08 bits per heavy atom. The summed E-state index contributed by atoms with van der Waals surface area (Å²) in [6.07, 6.45) is -0.463. The van der Waals surface area contributed by atoms with Crippen molar-refractivity contribution in [3.63, 3.8) is 0 Å². The maximum atomic E-state index is 13.0. The largest absolute Gasteiger partial charge is 0.416 e. The van der Waals surface area contributed by atoms with Gasteiger partial charge in [-0.15, -0.1) is 0 Å². The fourth-order valence-electron chi connectivity index (χ4n) is 3.38. The fourth-order valence-corrected chi connectivity index (χ4v) is 4.13. The van der Waals surface area contributed by atoms with Crippen LogP contribution in [0.2, 0.25) is 0 Å². The van der Waals surface area contributed by atoms with E-state index in [2.05, 4.69) is 0 Å². The number of benzene rings is 2. The van der Waals surface area contributed by atoms with Crippen molar-refractivity contribution in [2.45, 2.75) is 18.3 Å². The summed E-state index contributed by atoms with van der Waals surface area (Å²) in [6.45, 7) is 0. The van der Waals surface area contributed by atoms with Gasteiger partial charge in [-0.05, 0) is 51.9 Å². The SMILES string of the molecule is O=C(c1ccc(C(F)(F)F)cc1I)N1C2C=CC1c1ccccc12. The molecular formula is C18H11F3INO. The third-order valence-electron chi connectivity index (χ3n) is 4.47. The molecule has 0 N–H and O–H groups in total. The van der Waals surface area contributed by atoms with Crippen LogP contribution in [-0.2, 0) is 6.18 Å². The minimum Gasteiger partial charge on any atom is -0.318 e. The average molecular weight is 441 g/mol. The lowest BCUT2D eigenvalue weighted by atomic mass is 9.97. The first-order chi connectivity index (χ1) is 11.4. The van der Waals surface area contributed by atoms with Crippen LogP contribution in [0.25, 0.3) is 0 Å². The van der Waals surface area contributed by atoms with Gasteiger partial charge in [0.15, 0.2) is 0 Å². The molecule has 2 heterocycles. The van der Waals surface area contributed by atoms with Crippen molar-refractivity contribution in [3.05, 3.63) is 80.4 Å². The first-order valence-electron chi connectivity index (χ1n) is 7.34. The predicted molar refractivity (Wildman–Crippen MR) is 91.4 cm³/mol. The number of nitrogens with zero attached hydrogens (tertiary/aromatic N) is 1. The van der Waals surface area contributed by atoms with Crippen LogP contribution in [0.4, 0.5) is 13.2 Å². The smallest absolute Gasteiger partial charge is 0.318 e. The van der Waals surface area contributed by atoms with Crippen molar-refractivity contribution < 1.29 is 18.0 Å². The lowest BCUT2D eigenvalue weighted by Crippen LogP contribution is -2.29. The van der Waals surface area contributed by atoms with Gasteiger partial charge in [-0.25, -0.2) is 0 Å². The van der Waals surface area contributed by atoms with Crippen LogP contribution in [-0.4, -0.2) is 10.8 Å². The highest BCUT2D eigenvalue weighted by Crippen LogP contribution is 2.49. The van der Waals surface area contributed by atoms with Crippen LogP contribution in [0.3, 0.4) is 0 Å². The molecule has 0 radical (unpaired) electrons. The summed E-state index contributed by atoms with van der Waals surface area (Å²) in [6, 6.07) is 10.8.